The first-order valence-corrected chi connectivity index (χ1v) is 10.7. The Bertz CT molecular complexity index is 572. The monoisotopic (exact) mass is 324 g/mol. The van der Waals surface area contributed by atoms with Gasteiger partial charge in [0, 0.05) is 6.61 Å². The van der Waals surface area contributed by atoms with E-state index in [0.29, 0.717) is 0 Å². The van der Waals surface area contributed by atoms with Gasteiger partial charge in [-0.3, -0.25) is 0 Å². The Kier molecular flexibility index (Phi) is 4.74. The first-order chi connectivity index (χ1) is 11.0. The normalized spacial score (nSPS) is 16.1. The Morgan fingerprint density at radius 3 is 1.70 bits per heavy atom. The van der Waals surface area contributed by atoms with E-state index in [9.17, 15) is 0 Å². The molecule has 2 aromatic rings. The van der Waals surface area contributed by atoms with E-state index >= 15 is 0 Å². The maximum Gasteiger partial charge on any atom is 0.261 e. The summed E-state index contributed by atoms with van der Waals surface area (Å²) in [6.45, 7) is 7.95. The molecule has 0 heterocycles. The van der Waals surface area contributed by atoms with Gasteiger partial charge in [-0.2, -0.15) is 0 Å². The Labute approximate surface area is 141 Å². The molecule has 2 aromatic carbocycles. The molecule has 0 aliphatic heterocycles. The van der Waals surface area contributed by atoms with Crippen LogP contribution in [0.4, 0.5) is 0 Å². The molecule has 1 saturated carbocycles. The molecule has 0 N–H and O–H groups in total. The molecule has 23 heavy (non-hydrogen) atoms. The molecule has 1 nitrogen and oxygen atoms in total. The third kappa shape index (κ3) is 3.15. The van der Waals surface area contributed by atoms with Gasteiger partial charge in [-0.15, -0.1) is 0 Å². The highest BCUT2D eigenvalue weighted by molar-refractivity contribution is 6.99. The standard InChI is InChI=1S/C21H28OSi/c1-21(2,3)23(19-13-6-4-7-14-19,20-15-8-5-9-16-20)22-17-18-11-10-12-18/h4-9,13-16,18H,10-12,17H2,1-3H3. The van der Waals surface area contributed by atoms with Gasteiger partial charge in [-0.1, -0.05) is 87.9 Å². The lowest BCUT2D eigenvalue weighted by Gasteiger charge is -2.44. The summed E-state index contributed by atoms with van der Waals surface area (Å²) < 4.78 is 6.91. The maximum absolute atomic E-state index is 6.91. The second-order valence-electron chi connectivity index (χ2n) is 7.77. The van der Waals surface area contributed by atoms with E-state index in [0.717, 1.165) is 12.5 Å². The quantitative estimate of drug-likeness (QED) is 0.742. The Balaban J connectivity index is 2.08. The second-order valence-corrected chi connectivity index (χ2v) is 12.1. The van der Waals surface area contributed by atoms with Crippen molar-refractivity contribution >= 4 is 18.7 Å². The highest BCUT2D eigenvalue weighted by atomic mass is 28.4. The van der Waals surface area contributed by atoms with E-state index in [1.54, 1.807) is 0 Å². The molecular weight excluding hydrogens is 296 g/mol. The number of benzene rings is 2. The molecule has 2 heteroatoms. The van der Waals surface area contributed by atoms with Crippen LogP contribution in [0.1, 0.15) is 40.0 Å². The Hall–Kier alpha value is -1.38. The summed E-state index contributed by atoms with van der Waals surface area (Å²) in [5.74, 6) is 0.761. The Morgan fingerprint density at radius 2 is 1.35 bits per heavy atom. The smallest absolute Gasteiger partial charge is 0.261 e. The highest BCUT2D eigenvalue weighted by Crippen LogP contribution is 2.38. The SMILES string of the molecule is CC(C)(C)[Si](OCC1CCC1)(c1ccccc1)c1ccccc1. The summed E-state index contributed by atoms with van der Waals surface area (Å²) in [5, 5.41) is 2.87. The molecule has 0 aromatic heterocycles. The van der Waals surface area contributed by atoms with Gasteiger partial charge in [0.2, 0.25) is 0 Å². The van der Waals surface area contributed by atoms with Gasteiger partial charge in [-0.05, 0) is 34.2 Å². The molecule has 1 aliphatic rings. The van der Waals surface area contributed by atoms with Crippen molar-refractivity contribution in [3.63, 3.8) is 0 Å². The van der Waals surface area contributed by atoms with E-state index in [-0.39, 0.29) is 5.04 Å². The van der Waals surface area contributed by atoms with Gasteiger partial charge in [0.15, 0.2) is 0 Å². The van der Waals surface area contributed by atoms with Gasteiger partial charge in [0.1, 0.15) is 0 Å². The summed E-state index contributed by atoms with van der Waals surface area (Å²) >= 11 is 0. The average molecular weight is 325 g/mol. The van der Waals surface area contributed by atoms with Crippen LogP contribution >= 0.6 is 0 Å². The maximum atomic E-state index is 6.91. The van der Waals surface area contributed by atoms with Gasteiger partial charge in [0.25, 0.3) is 8.32 Å². The summed E-state index contributed by atoms with van der Waals surface area (Å²) in [6.07, 6.45) is 4.03. The van der Waals surface area contributed by atoms with Crippen molar-refractivity contribution in [2.24, 2.45) is 5.92 Å². The number of hydrogen-bond acceptors (Lipinski definition) is 1. The van der Waals surface area contributed by atoms with Crippen LogP contribution in [0.2, 0.25) is 5.04 Å². The third-order valence-corrected chi connectivity index (χ3v) is 10.2. The van der Waals surface area contributed by atoms with E-state index in [1.807, 2.05) is 0 Å². The molecule has 0 atom stereocenters. The zero-order chi connectivity index (χ0) is 16.3. The second kappa shape index (κ2) is 6.62. The molecule has 0 amide bonds. The van der Waals surface area contributed by atoms with Crippen LogP contribution in [0.5, 0.6) is 0 Å². The highest BCUT2D eigenvalue weighted by Gasteiger charge is 2.50. The predicted molar refractivity (Wildman–Crippen MR) is 101 cm³/mol. The van der Waals surface area contributed by atoms with Crippen molar-refractivity contribution < 1.29 is 4.43 Å². The minimum Gasteiger partial charge on any atom is -0.407 e. The molecule has 0 unspecified atom stereocenters. The van der Waals surface area contributed by atoms with Crippen LogP contribution in [0.25, 0.3) is 0 Å². The minimum absolute atomic E-state index is 0.0967. The summed E-state index contributed by atoms with van der Waals surface area (Å²) in [7, 11) is -2.29. The minimum atomic E-state index is -2.29. The molecule has 0 bridgehead atoms. The zero-order valence-electron chi connectivity index (χ0n) is 14.6. The van der Waals surface area contributed by atoms with Crippen molar-refractivity contribution in [3.05, 3.63) is 60.7 Å². The summed E-state index contributed by atoms with van der Waals surface area (Å²) in [6, 6.07) is 21.9. The molecule has 1 aliphatic carbocycles. The molecule has 3 rings (SSSR count). The summed E-state index contributed by atoms with van der Waals surface area (Å²) in [5.41, 5.74) is 0. The van der Waals surface area contributed by atoms with E-state index in [2.05, 4.69) is 81.4 Å². The van der Waals surface area contributed by atoms with Crippen LogP contribution in [0, 0.1) is 5.92 Å². The number of rotatable bonds is 5. The lowest BCUT2D eigenvalue weighted by atomic mass is 9.86. The lowest BCUT2D eigenvalue weighted by molar-refractivity contribution is 0.171. The largest absolute Gasteiger partial charge is 0.407 e. The van der Waals surface area contributed by atoms with Crippen LogP contribution in [-0.2, 0) is 4.43 Å². The van der Waals surface area contributed by atoms with E-state index in [4.69, 9.17) is 4.43 Å². The van der Waals surface area contributed by atoms with Gasteiger partial charge >= 0.3 is 0 Å². The number of hydrogen-bond donors (Lipinski definition) is 0. The molecule has 1 fully saturated rings. The Morgan fingerprint density at radius 1 is 0.870 bits per heavy atom. The van der Waals surface area contributed by atoms with Crippen molar-refractivity contribution in [3.8, 4) is 0 Å². The lowest BCUT2D eigenvalue weighted by Crippen LogP contribution is -2.67. The van der Waals surface area contributed by atoms with Crippen molar-refractivity contribution in [1.29, 1.82) is 0 Å². The zero-order valence-corrected chi connectivity index (χ0v) is 15.6. The fraction of sp³-hybridized carbons (Fsp3) is 0.429. The van der Waals surface area contributed by atoms with Crippen LogP contribution in [-0.4, -0.2) is 14.9 Å². The molecule has 0 spiro atoms. The molecule has 122 valence electrons. The van der Waals surface area contributed by atoms with E-state index in [1.165, 1.54) is 29.6 Å². The third-order valence-electron chi connectivity index (χ3n) is 5.18. The first kappa shape index (κ1) is 16.5. The predicted octanol–water partition coefficient (Wildman–Crippen LogP) is 4.36. The van der Waals surface area contributed by atoms with Crippen LogP contribution < -0.4 is 10.4 Å². The summed E-state index contributed by atoms with van der Waals surface area (Å²) in [4.78, 5) is 0. The van der Waals surface area contributed by atoms with Crippen LogP contribution in [0.3, 0.4) is 0 Å². The van der Waals surface area contributed by atoms with Gasteiger partial charge in [-0.25, -0.2) is 0 Å². The van der Waals surface area contributed by atoms with Gasteiger partial charge in [0.05, 0.1) is 0 Å². The van der Waals surface area contributed by atoms with Crippen molar-refractivity contribution in [2.45, 2.75) is 45.1 Å². The average Bonchev–Trinajstić information content (AvgIpc) is 2.50. The topological polar surface area (TPSA) is 9.23 Å². The molecule has 0 saturated heterocycles. The fourth-order valence-electron chi connectivity index (χ4n) is 3.66. The van der Waals surface area contributed by atoms with Crippen molar-refractivity contribution in [1.82, 2.24) is 0 Å². The first-order valence-electron chi connectivity index (χ1n) is 8.79. The fourth-order valence-corrected chi connectivity index (χ4v) is 8.31. The van der Waals surface area contributed by atoms with Crippen LogP contribution in [0.15, 0.2) is 60.7 Å². The molecule has 0 radical (unpaired) electrons. The van der Waals surface area contributed by atoms with E-state index < -0.39 is 8.32 Å². The van der Waals surface area contributed by atoms with Gasteiger partial charge < -0.3 is 4.43 Å². The molecular formula is C21H28OSi. The van der Waals surface area contributed by atoms with Crippen molar-refractivity contribution in [2.75, 3.05) is 6.61 Å².